The Morgan fingerprint density at radius 2 is 0.791 bits per heavy atom. The molecule has 13 rings (SSSR count). The number of hydrogen-bond donors (Lipinski definition) is 0. The van der Waals surface area contributed by atoms with Gasteiger partial charge in [0.15, 0.2) is 0 Å². The third-order valence-corrected chi connectivity index (χ3v) is 13.4. The summed E-state index contributed by atoms with van der Waals surface area (Å²) in [7, 11) is 0. The lowest BCUT2D eigenvalue weighted by molar-refractivity contribution is 0.671. The maximum Gasteiger partial charge on any atom is 0.143 e. The van der Waals surface area contributed by atoms with Crippen molar-refractivity contribution in [2.45, 2.75) is 0 Å². The molecule has 67 heavy (non-hydrogen) atoms. The number of benzene rings is 11. The Morgan fingerprint density at radius 1 is 0.299 bits per heavy atom. The third kappa shape index (κ3) is 6.59. The highest BCUT2D eigenvalue weighted by Crippen LogP contribution is 2.44. The minimum absolute atomic E-state index is 0.902. The third-order valence-electron chi connectivity index (χ3n) is 13.4. The average Bonchev–Trinajstić information content (AvgIpc) is 3.96. The molecule has 0 aliphatic rings. The van der Waals surface area contributed by atoms with Gasteiger partial charge in [-0.25, -0.2) is 0 Å². The van der Waals surface area contributed by atoms with Gasteiger partial charge in [0.2, 0.25) is 0 Å². The molecule has 0 amide bonds. The zero-order valence-electron chi connectivity index (χ0n) is 36.6. The number of hydrogen-bond acceptors (Lipinski definition) is 2. The largest absolute Gasteiger partial charge is 0.455 e. The van der Waals surface area contributed by atoms with Gasteiger partial charge >= 0.3 is 0 Å². The zero-order valence-corrected chi connectivity index (χ0v) is 36.6. The van der Waals surface area contributed by atoms with E-state index in [1.807, 2.05) is 0 Å². The number of rotatable bonds is 8. The molecule has 11 aromatic carbocycles. The number of nitrogens with zero attached hydrogens (tertiary/aromatic N) is 2. The van der Waals surface area contributed by atoms with Crippen LogP contribution in [-0.4, -0.2) is 4.57 Å². The van der Waals surface area contributed by atoms with Crippen LogP contribution in [-0.2, 0) is 0 Å². The summed E-state index contributed by atoms with van der Waals surface area (Å²) in [4.78, 5) is 2.38. The van der Waals surface area contributed by atoms with E-state index in [0.29, 0.717) is 0 Å². The van der Waals surface area contributed by atoms with E-state index in [2.05, 4.69) is 264 Å². The first-order chi connectivity index (χ1) is 33.2. The molecule has 13 aromatic rings. The first kappa shape index (κ1) is 38.5. The number of furan rings is 1. The molecule has 0 bridgehead atoms. The van der Waals surface area contributed by atoms with Gasteiger partial charge in [0, 0.05) is 60.8 Å². The molecular formula is C64H42N2O. The summed E-state index contributed by atoms with van der Waals surface area (Å²) in [5.41, 5.74) is 17.6. The lowest BCUT2D eigenvalue weighted by Crippen LogP contribution is -2.10. The Labute approximate surface area is 388 Å². The van der Waals surface area contributed by atoms with Crippen molar-refractivity contribution in [1.29, 1.82) is 0 Å². The topological polar surface area (TPSA) is 21.3 Å². The normalized spacial score (nSPS) is 11.6. The van der Waals surface area contributed by atoms with E-state index in [1.54, 1.807) is 0 Å². The predicted molar refractivity (Wildman–Crippen MR) is 282 cm³/mol. The monoisotopic (exact) mass is 854 g/mol. The molecule has 0 saturated heterocycles. The zero-order chi connectivity index (χ0) is 44.3. The first-order valence-corrected chi connectivity index (χ1v) is 22.9. The highest BCUT2D eigenvalue weighted by atomic mass is 16.3. The molecule has 0 N–H and O–H groups in total. The molecule has 0 spiro atoms. The van der Waals surface area contributed by atoms with Crippen LogP contribution in [0, 0.1) is 0 Å². The van der Waals surface area contributed by atoms with Crippen molar-refractivity contribution in [3.63, 3.8) is 0 Å². The highest BCUT2D eigenvalue weighted by Gasteiger charge is 2.20. The van der Waals surface area contributed by atoms with Gasteiger partial charge in [0.1, 0.15) is 11.2 Å². The Balaban J connectivity index is 0.926. The summed E-state index contributed by atoms with van der Waals surface area (Å²) in [6.45, 7) is 0. The van der Waals surface area contributed by atoms with Crippen LogP contribution in [0.4, 0.5) is 17.1 Å². The van der Waals surface area contributed by atoms with Gasteiger partial charge in [0.25, 0.3) is 0 Å². The van der Waals surface area contributed by atoms with Crippen LogP contribution in [0.2, 0.25) is 0 Å². The molecule has 2 aromatic heterocycles. The van der Waals surface area contributed by atoms with Crippen LogP contribution >= 0.6 is 0 Å². The molecule has 3 heteroatoms. The lowest BCUT2D eigenvalue weighted by Gasteiger charge is -2.26. The molecule has 0 saturated carbocycles. The van der Waals surface area contributed by atoms with E-state index < -0.39 is 0 Å². The van der Waals surface area contributed by atoms with Crippen molar-refractivity contribution >= 4 is 71.6 Å². The van der Waals surface area contributed by atoms with Crippen LogP contribution in [0.25, 0.3) is 105 Å². The van der Waals surface area contributed by atoms with E-state index >= 15 is 0 Å². The molecule has 3 nitrogen and oxygen atoms in total. The van der Waals surface area contributed by atoms with Crippen molar-refractivity contribution < 1.29 is 4.42 Å². The van der Waals surface area contributed by atoms with Gasteiger partial charge in [-0.3, -0.25) is 0 Å². The molecule has 0 fully saturated rings. The minimum atomic E-state index is 0.902. The van der Waals surface area contributed by atoms with Crippen molar-refractivity contribution in [2.24, 2.45) is 0 Å². The second-order valence-corrected chi connectivity index (χ2v) is 17.3. The van der Waals surface area contributed by atoms with Crippen molar-refractivity contribution in [1.82, 2.24) is 4.57 Å². The number of para-hydroxylation sites is 3. The van der Waals surface area contributed by atoms with Crippen LogP contribution in [0.15, 0.2) is 259 Å². The Kier molecular flexibility index (Phi) is 9.17. The number of aromatic nitrogens is 1. The van der Waals surface area contributed by atoms with Crippen molar-refractivity contribution in [3.8, 4) is 50.2 Å². The summed E-state index contributed by atoms with van der Waals surface area (Å²) in [6, 6.07) is 91.7. The molecule has 0 atom stereocenters. The maximum absolute atomic E-state index is 6.82. The van der Waals surface area contributed by atoms with Gasteiger partial charge in [-0.2, -0.15) is 0 Å². The lowest BCUT2D eigenvalue weighted by atomic mass is 9.97. The molecule has 0 aliphatic heterocycles. The molecule has 0 radical (unpaired) electrons. The van der Waals surface area contributed by atoms with Gasteiger partial charge in [-0.05, 0) is 93.4 Å². The van der Waals surface area contributed by atoms with E-state index in [9.17, 15) is 0 Å². The summed E-state index contributed by atoms with van der Waals surface area (Å²) in [5, 5.41) is 7.16. The fourth-order valence-corrected chi connectivity index (χ4v) is 10.2. The van der Waals surface area contributed by atoms with E-state index in [1.165, 1.54) is 38.2 Å². The minimum Gasteiger partial charge on any atom is -0.455 e. The fraction of sp³-hybridized carbons (Fsp3) is 0. The van der Waals surface area contributed by atoms with E-state index in [-0.39, 0.29) is 0 Å². The summed E-state index contributed by atoms with van der Waals surface area (Å²) in [6.07, 6.45) is 0. The Hall–Kier alpha value is -8.92. The highest BCUT2D eigenvalue weighted by molar-refractivity contribution is 6.19. The van der Waals surface area contributed by atoms with Gasteiger partial charge in [0.05, 0.1) is 11.0 Å². The van der Waals surface area contributed by atoms with Crippen LogP contribution in [0.5, 0.6) is 0 Å². The van der Waals surface area contributed by atoms with Crippen molar-refractivity contribution in [3.05, 3.63) is 255 Å². The maximum atomic E-state index is 6.82. The quantitative estimate of drug-likeness (QED) is 0.152. The molecule has 0 unspecified atom stereocenters. The van der Waals surface area contributed by atoms with Crippen LogP contribution < -0.4 is 4.90 Å². The SMILES string of the molecule is c1ccc(-c2ccc(N(c3ccc(-c4cccc(-c5cccc6c5oc5c(-c7ccccc7)cccc56)c4)cc3)c3ccc4c5ccc6ccccc6c5n(-c5ccccc5)c4c3)cc2)cc1. The summed E-state index contributed by atoms with van der Waals surface area (Å²) in [5.74, 6) is 0. The number of anilines is 3. The summed E-state index contributed by atoms with van der Waals surface area (Å²) >= 11 is 0. The standard InChI is InChI=1S/C64H42N2O/c1-4-15-43(16-5-1)44-29-34-51(35-30-44)65(53-38-40-57-58-39-33-47-19-10-11-24-54(47)62(58)66(61(57)42-53)50-22-8-3-9-23-50)52-36-31-45(32-37-52)48-20-12-21-49(41-48)56-26-14-28-60-59-27-13-25-55(63(59)67-64(56)60)46-17-6-2-7-18-46/h1-42H. The Morgan fingerprint density at radius 3 is 1.48 bits per heavy atom. The first-order valence-electron chi connectivity index (χ1n) is 22.9. The molecule has 2 heterocycles. The molecule has 314 valence electrons. The number of fused-ring (bicyclic) bond motifs is 8. The average molecular weight is 855 g/mol. The van der Waals surface area contributed by atoms with E-state index in [4.69, 9.17) is 4.42 Å². The fourth-order valence-electron chi connectivity index (χ4n) is 10.2. The van der Waals surface area contributed by atoms with E-state index in [0.717, 1.165) is 83.6 Å². The second-order valence-electron chi connectivity index (χ2n) is 17.3. The predicted octanol–water partition coefficient (Wildman–Crippen LogP) is 18.0. The Bertz CT molecular complexity index is 3940. The van der Waals surface area contributed by atoms with Crippen LogP contribution in [0.1, 0.15) is 0 Å². The van der Waals surface area contributed by atoms with Gasteiger partial charge < -0.3 is 13.9 Å². The smallest absolute Gasteiger partial charge is 0.143 e. The molecular weight excluding hydrogens is 813 g/mol. The van der Waals surface area contributed by atoms with Gasteiger partial charge in [-0.15, -0.1) is 0 Å². The van der Waals surface area contributed by atoms with Crippen molar-refractivity contribution in [2.75, 3.05) is 4.90 Å². The second kappa shape index (κ2) is 16.0. The van der Waals surface area contributed by atoms with Gasteiger partial charge in [-0.1, -0.05) is 200 Å². The molecule has 0 aliphatic carbocycles. The summed E-state index contributed by atoms with van der Waals surface area (Å²) < 4.78 is 9.26. The van der Waals surface area contributed by atoms with Crippen LogP contribution in [0.3, 0.4) is 0 Å².